The Labute approximate surface area is 131 Å². The van der Waals surface area contributed by atoms with Gasteiger partial charge in [-0.25, -0.2) is 0 Å². The Bertz CT molecular complexity index is 604. The van der Waals surface area contributed by atoms with E-state index in [1.54, 1.807) is 0 Å². The molecule has 0 aliphatic rings. The Morgan fingerprint density at radius 3 is 2.70 bits per heavy atom. The smallest absolute Gasteiger partial charge is 0.226 e. The van der Waals surface area contributed by atoms with Gasteiger partial charge >= 0.3 is 0 Å². The molecule has 0 aliphatic heterocycles. The minimum atomic E-state index is -0.0392. The van der Waals surface area contributed by atoms with Crippen molar-refractivity contribution in [2.75, 3.05) is 17.2 Å². The standard InChI is InChI=1S/C15H14BrClN2O/c16-11-4-3-5-12(10-11)19-15(20)8-9-18-14-7-2-1-6-13(14)17/h1-7,10,18H,8-9H2,(H,19,20). The van der Waals surface area contributed by atoms with Crippen molar-refractivity contribution >= 4 is 44.8 Å². The molecule has 20 heavy (non-hydrogen) atoms. The van der Waals surface area contributed by atoms with E-state index in [0.29, 0.717) is 18.0 Å². The summed E-state index contributed by atoms with van der Waals surface area (Å²) >= 11 is 9.38. The molecule has 5 heteroatoms. The van der Waals surface area contributed by atoms with Crippen LogP contribution in [0.4, 0.5) is 11.4 Å². The average molecular weight is 354 g/mol. The molecule has 3 nitrogen and oxygen atoms in total. The van der Waals surface area contributed by atoms with E-state index in [1.807, 2.05) is 48.5 Å². The maximum Gasteiger partial charge on any atom is 0.226 e. The van der Waals surface area contributed by atoms with Gasteiger partial charge in [0.2, 0.25) is 5.91 Å². The average Bonchev–Trinajstić information content (AvgIpc) is 2.41. The molecule has 0 radical (unpaired) electrons. The van der Waals surface area contributed by atoms with Crippen LogP contribution in [0.1, 0.15) is 6.42 Å². The lowest BCUT2D eigenvalue weighted by Crippen LogP contribution is -2.16. The SMILES string of the molecule is O=C(CCNc1ccccc1Cl)Nc1cccc(Br)c1. The summed E-state index contributed by atoms with van der Waals surface area (Å²) in [6.07, 6.45) is 0.373. The maximum absolute atomic E-state index is 11.8. The van der Waals surface area contributed by atoms with Crippen LogP contribution in [0.5, 0.6) is 0 Å². The largest absolute Gasteiger partial charge is 0.383 e. The first kappa shape index (κ1) is 14.9. The van der Waals surface area contributed by atoms with Crippen LogP contribution in [0.25, 0.3) is 0 Å². The number of carbonyl (C=O) groups excluding carboxylic acids is 1. The number of para-hydroxylation sites is 1. The highest BCUT2D eigenvalue weighted by molar-refractivity contribution is 9.10. The molecule has 0 spiro atoms. The predicted molar refractivity (Wildman–Crippen MR) is 87.3 cm³/mol. The molecule has 0 aromatic heterocycles. The minimum Gasteiger partial charge on any atom is -0.383 e. The summed E-state index contributed by atoms with van der Waals surface area (Å²) in [6, 6.07) is 15.0. The Morgan fingerprint density at radius 2 is 1.95 bits per heavy atom. The molecule has 0 atom stereocenters. The second-order valence-corrected chi connectivity index (χ2v) is 5.54. The number of carbonyl (C=O) groups is 1. The van der Waals surface area contributed by atoms with Crippen LogP contribution >= 0.6 is 27.5 Å². The molecule has 2 aromatic rings. The van der Waals surface area contributed by atoms with Gasteiger partial charge in [-0.1, -0.05) is 45.7 Å². The number of hydrogen-bond acceptors (Lipinski definition) is 2. The molecular formula is C15H14BrClN2O. The summed E-state index contributed by atoms with van der Waals surface area (Å²) in [4.78, 5) is 11.8. The van der Waals surface area contributed by atoms with Gasteiger partial charge in [-0.05, 0) is 30.3 Å². The third-order valence-corrected chi connectivity index (χ3v) is 3.47. The second-order valence-electron chi connectivity index (χ2n) is 4.22. The van der Waals surface area contributed by atoms with Crippen molar-refractivity contribution in [1.29, 1.82) is 0 Å². The van der Waals surface area contributed by atoms with Crippen LogP contribution in [0.15, 0.2) is 53.0 Å². The molecule has 0 bridgehead atoms. The molecule has 0 aliphatic carbocycles. The van der Waals surface area contributed by atoms with E-state index in [1.165, 1.54) is 0 Å². The molecule has 0 heterocycles. The van der Waals surface area contributed by atoms with Crippen molar-refractivity contribution in [3.05, 3.63) is 58.0 Å². The zero-order chi connectivity index (χ0) is 14.4. The molecule has 0 fully saturated rings. The van der Waals surface area contributed by atoms with Crippen LogP contribution in [-0.2, 0) is 4.79 Å². The highest BCUT2D eigenvalue weighted by atomic mass is 79.9. The normalized spacial score (nSPS) is 10.1. The molecule has 2 aromatic carbocycles. The summed E-state index contributed by atoms with van der Waals surface area (Å²) in [5.41, 5.74) is 1.62. The monoisotopic (exact) mass is 352 g/mol. The third-order valence-electron chi connectivity index (χ3n) is 2.65. The number of anilines is 2. The second kappa shape index (κ2) is 7.31. The van der Waals surface area contributed by atoms with Gasteiger partial charge in [-0.2, -0.15) is 0 Å². The molecule has 2 rings (SSSR count). The van der Waals surface area contributed by atoms with Crippen molar-refractivity contribution in [2.45, 2.75) is 6.42 Å². The highest BCUT2D eigenvalue weighted by Gasteiger charge is 2.03. The van der Waals surface area contributed by atoms with E-state index < -0.39 is 0 Å². The number of rotatable bonds is 5. The zero-order valence-corrected chi connectivity index (χ0v) is 13.0. The van der Waals surface area contributed by atoms with Crippen LogP contribution < -0.4 is 10.6 Å². The topological polar surface area (TPSA) is 41.1 Å². The van der Waals surface area contributed by atoms with E-state index in [2.05, 4.69) is 26.6 Å². The fourth-order valence-corrected chi connectivity index (χ4v) is 2.31. The number of amides is 1. The highest BCUT2D eigenvalue weighted by Crippen LogP contribution is 2.20. The first-order chi connectivity index (χ1) is 9.65. The lowest BCUT2D eigenvalue weighted by Gasteiger charge is -2.09. The first-order valence-corrected chi connectivity index (χ1v) is 7.36. The van der Waals surface area contributed by atoms with Gasteiger partial charge in [-0.15, -0.1) is 0 Å². The predicted octanol–water partition coefficient (Wildman–Crippen LogP) is 4.54. The molecule has 0 saturated heterocycles. The lowest BCUT2D eigenvalue weighted by molar-refractivity contribution is -0.115. The van der Waals surface area contributed by atoms with Gasteiger partial charge in [0, 0.05) is 23.1 Å². The number of benzene rings is 2. The quantitative estimate of drug-likeness (QED) is 0.828. The van der Waals surface area contributed by atoms with Gasteiger partial charge in [0.1, 0.15) is 0 Å². The van der Waals surface area contributed by atoms with Gasteiger partial charge in [0.05, 0.1) is 10.7 Å². The van der Waals surface area contributed by atoms with Crippen LogP contribution in [0.2, 0.25) is 5.02 Å². The van der Waals surface area contributed by atoms with Crippen LogP contribution in [0, 0.1) is 0 Å². The van der Waals surface area contributed by atoms with E-state index in [4.69, 9.17) is 11.6 Å². The maximum atomic E-state index is 11.8. The number of halogens is 2. The minimum absolute atomic E-state index is 0.0392. The van der Waals surface area contributed by atoms with E-state index in [9.17, 15) is 4.79 Å². The van der Waals surface area contributed by atoms with Gasteiger partial charge in [-0.3, -0.25) is 4.79 Å². The first-order valence-electron chi connectivity index (χ1n) is 6.19. The molecular weight excluding hydrogens is 340 g/mol. The number of nitrogens with one attached hydrogen (secondary N) is 2. The molecule has 1 amide bonds. The van der Waals surface area contributed by atoms with Crippen molar-refractivity contribution in [2.24, 2.45) is 0 Å². The summed E-state index contributed by atoms with van der Waals surface area (Å²) in [5, 5.41) is 6.63. The zero-order valence-electron chi connectivity index (χ0n) is 10.7. The Kier molecular flexibility index (Phi) is 5.44. The van der Waals surface area contributed by atoms with Crippen molar-refractivity contribution < 1.29 is 4.79 Å². The van der Waals surface area contributed by atoms with Crippen molar-refractivity contribution in [3.8, 4) is 0 Å². The van der Waals surface area contributed by atoms with Gasteiger partial charge < -0.3 is 10.6 Å². The summed E-state index contributed by atoms with van der Waals surface area (Å²) in [7, 11) is 0. The summed E-state index contributed by atoms with van der Waals surface area (Å²) < 4.78 is 0.935. The van der Waals surface area contributed by atoms with Gasteiger partial charge in [0.15, 0.2) is 0 Å². The Morgan fingerprint density at radius 1 is 1.15 bits per heavy atom. The molecule has 0 unspecified atom stereocenters. The van der Waals surface area contributed by atoms with E-state index >= 15 is 0 Å². The van der Waals surface area contributed by atoms with Gasteiger partial charge in [0.25, 0.3) is 0 Å². The van der Waals surface area contributed by atoms with E-state index in [-0.39, 0.29) is 5.91 Å². The third kappa shape index (κ3) is 4.54. The molecule has 104 valence electrons. The Balaban J connectivity index is 1.80. The molecule has 2 N–H and O–H groups in total. The molecule has 0 saturated carbocycles. The Hall–Kier alpha value is -1.52. The summed E-state index contributed by atoms with van der Waals surface area (Å²) in [5.74, 6) is -0.0392. The van der Waals surface area contributed by atoms with Crippen molar-refractivity contribution in [3.63, 3.8) is 0 Å². The van der Waals surface area contributed by atoms with Crippen LogP contribution in [-0.4, -0.2) is 12.5 Å². The number of hydrogen-bond donors (Lipinski definition) is 2. The van der Waals surface area contributed by atoms with Crippen LogP contribution in [0.3, 0.4) is 0 Å². The lowest BCUT2D eigenvalue weighted by atomic mass is 10.3. The fourth-order valence-electron chi connectivity index (χ4n) is 1.70. The van der Waals surface area contributed by atoms with E-state index in [0.717, 1.165) is 15.8 Å². The fraction of sp³-hybridized carbons (Fsp3) is 0.133. The summed E-state index contributed by atoms with van der Waals surface area (Å²) in [6.45, 7) is 0.531. The van der Waals surface area contributed by atoms with Crippen molar-refractivity contribution in [1.82, 2.24) is 0 Å².